The Balaban J connectivity index is 1.69. The van der Waals surface area contributed by atoms with E-state index in [-0.39, 0.29) is 17.8 Å². The van der Waals surface area contributed by atoms with E-state index in [1.807, 2.05) is 29.8 Å². The van der Waals surface area contributed by atoms with Crippen LogP contribution in [-0.4, -0.2) is 38.3 Å². The molecule has 2 N–H and O–H groups in total. The van der Waals surface area contributed by atoms with E-state index >= 15 is 0 Å². The number of amides is 1. The van der Waals surface area contributed by atoms with Crippen LogP contribution in [0.2, 0.25) is 0 Å². The normalized spacial score (nSPS) is 15.3. The van der Waals surface area contributed by atoms with Crippen LogP contribution in [0.5, 0.6) is 5.88 Å². The van der Waals surface area contributed by atoms with Crippen molar-refractivity contribution < 1.29 is 14.6 Å². The van der Waals surface area contributed by atoms with E-state index in [0.717, 1.165) is 59.3 Å². The second kappa shape index (κ2) is 9.41. The number of carbonyl (C=O) groups excluding carboxylic acids is 1. The van der Waals surface area contributed by atoms with Crippen molar-refractivity contribution in [3.05, 3.63) is 78.6 Å². The van der Waals surface area contributed by atoms with E-state index in [4.69, 9.17) is 4.74 Å². The van der Waals surface area contributed by atoms with Crippen LogP contribution in [0.15, 0.2) is 73.1 Å². The Labute approximate surface area is 215 Å². The van der Waals surface area contributed by atoms with Gasteiger partial charge in [0.15, 0.2) is 0 Å². The Morgan fingerprint density at radius 3 is 2.62 bits per heavy atom. The van der Waals surface area contributed by atoms with Crippen LogP contribution in [0.25, 0.3) is 33.1 Å². The fourth-order valence-corrected chi connectivity index (χ4v) is 5.91. The average molecular weight is 495 g/mol. The second-order valence-electron chi connectivity index (χ2n) is 9.81. The molecule has 2 aromatic carbocycles. The van der Waals surface area contributed by atoms with E-state index in [1.165, 1.54) is 12.5 Å². The van der Waals surface area contributed by atoms with Gasteiger partial charge in [-0.2, -0.15) is 0 Å². The summed E-state index contributed by atoms with van der Waals surface area (Å²) < 4.78 is 10.1. The average Bonchev–Trinajstić information content (AvgIpc) is 3.45. The number of aromatic nitrogens is 3. The number of hydrogen-bond donors (Lipinski definition) is 2. The molecular formula is C30H30N4O3. The molecule has 1 fully saturated rings. The van der Waals surface area contributed by atoms with Gasteiger partial charge in [-0.25, -0.2) is 4.98 Å². The zero-order valence-corrected chi connectivity index (χ0v) is 21.0. The number of rotatable bonds is 5. The van der Waals surface area contributed by atoms with E-state index in [1.54, 1.807) is 6.20 Å². The minimum atomic E-state index is -0.105. The predicted octanol–water partition coefficient (Wildman–Crippen LogP) is 5.88. The van der Waals surface area contributed by atoms with Gasteiger partial charge in [0.1, 0.15) is 5.52 Å². The van der Waals surface area contributed by atoms with Crippen LogP contribution in [0.3, 0.4) is 0 Å². The lowest BCUT2D eigenvalue weighted by Gasteiger charge is -2.34. The number of nitrogens with one attached hydrogen (secondary N) is 1. The Bertz CT molecular complexity index is 1600. The fraction of sp³-hybridized carbons (Fsp3) is 0.267. The zero-order valence-electron chi connectivity index (χ0n) is 21.0. The summed E-state index contributed by atoms with van der Waals surface area (Å²) in [5.41, 5.74) is 5.81. The summed E-state index contributed by atoms with van der Waals surface area (Å²) in [4.78, 5) is 16.2. The zero-order chi connectivity index (χ0) is 25.5. The standard InChI is InChI=1S/C30H30N4O3/c1-19(35)32-25-9-6-10-26-23(25)17-27(24-18-33(2)29-22(24)11-14-31-30(29)36)34(26)28(20-7-4-3-5-8-20)21-12-15-37-16-13-21/h3-11,14,17-18,21,28H,12-13,15-16H2,1-2H3,(H,31,36)(H,32,35). The molecule has 5 aromatic rings. The molecule has 7 nitrogen and oxygen atoms in total. The molecule has 1 aliphatic heterocycles. The molecule has 1 amide bonds. The summed E-state index contributed by atoms with van der Waals surface area (Å²) in [7, 11) is 1.93. The molecule has 1 unspecified atom stereocenters. The SMILES string of the molecule is CC(=O)Nc1cccc2c1cc(-c1cn(C)c3c(O)nccc13)n2C(c1ccccc1)C1CCOCC1. The van der Waals surface area contributed by atoms with Crippen LogP contribution in [0, 0.1) is 5.92 Å². The van der Waals surface area contributed by atoms with E-state index in [2.05, 4.69) is 63.5 Å². The van der Waals surface area contributed by atoms with Gasteiger partial charge in [0, 0.05) is 55.9 Å². The van der Waals surface area contributed by atoms with E-state index in [0.29, 0.717) is 11.4 Å². The van der Waals surface area contributed by atoms with Crippen molar-refractivity contribution in [3.8, 4) is 17.1 Å². The number of pyridine rings is 1. The monoisotopic (exact) mass is 494 g/mol. The number of fused-ring (bicyclic) bond motifs is 2. The van der Waals surface area contributed by atoms with Crippen LogP contribution in [0.1, 0.15) is 31.4 Å². The van der Waals surface area contributed by atoms with Crippen molar-refractivity contribution in [2.24, 2.45) is 13.0 Å². The van der Waals surface area contributed by atoms with Crippen molar-refractivity contribution in [3.63, 3.8) is 0 Å². The Morgan fingerprint density at radius 1 is 1.08 bits per heavy atom. The third kappa shape index (κ3) is 4.05. The first-order chi connectivity index (χ1) is 18.0. The van der Waals surface area contributed by atoms with Crippen LogP contribution in [-0.2, 0) is 16.6 Å². The number of aryl methyl sites for hydroxylation is 1. The molecule has 37 heavy (non-hydrogen) atoms. The number of aromatic hydroxyl groups is 1. The van der Waals surface area contributed by atoms with Gasteiger partial charge in [-0.3, -0.25) is 4.79 Å². The van der Waals surface area contributed by atoms with Crippen molar-refractivity contribution in [1.82, 2.24) is 14.1 Å². The Morgan fingerprint density at radius 2 is 1.86 bits per heavy atom. The van der Waals surface area contributed by atoms with Gasteiger partial charge < -0.3 is 24.3 Å². The first-order valence-electron chi connectivity index (χ1n) is 12.7. The third-order valence-electron chi connectivity index (χ3n) is 7.47. The lowest BCUT2D eigenvalue weighted by molar-refractivity contribution is -0.114. The molecule has 7 heteroatoms. The fourth-order valence-electron chi connectivity index (χ4n) is 5.91. The van der Waals surface area contributed by atoms with Crippen molar-refractivity contribution in [2.45, 2.75) is 25.8 Å². The number of ether oxygens (including phenoxy) is 1. The number of anilines is 1. The molecule has 3 aromatic heterocycles. The maximum absolute atomic E-state index is 12.1. The maximum Gasteiger partial charge on any atom is 0.236 e. The van der Waals surface area contributed by atoms with Gasteiger partial charge in [0.05, 0.1) is 22.9 Å². The van der Waals surface area contributed by atoms with Gasteiger partial charge >= 0.3 is 0 Å². The molecule has 1 saturated heterocycles. The number of benzene rings is 2. The molecule has 188 valence electrons. The summed E-state index contributed by atoms with van der Waals surface area (Å²) in [6, 6.07) is 20.9. The Kier molecular flexibility index (Phi) is 5.93. The van der Waals surface area contributed by atoms with E-state index in [9.17, 15) is 9.90 Å². The largest absolute Gasteiger partial charge is 0.492 e. The quantitative estimate of drug-likeness (QED) is 0.320. The summed E-state index contributed by atoms with van der Waals surface area (Å²) in [6.07, 6.45) is 5.62. The Hall–Kier alpha value is -4.10. The minimum absolute atomic E-state index is 0.0110. The van der Waals surface area contributed by atoms with E-state index < -0.39 is 0 Å². The highest BCUT2D eigenvalue weighted by Crippen LogP contribution is 2.44. The first kappa shape index (κ1) is 23.3. The van der Waals surface area contributed by atoms with Crippen molar-refractivity contribution in [1.29, 1.82) is 0 Å². The summed E-state index contributed by atoms with van der Waals surface area (Å²) in [5.74, 6) is 0.281. The molecule has 1 atom stereocenters. The summed E-state index contributed by atoms with van der Waals surface area (Å²) >= 11 is 0. The molecule has 0 saturated carbocycles. The maximum atomic E-state index is 12.1. The van der Waals surface area contributed by atoms with Crippen molar-refractivity contribution in [2.75, 3.05) is 18.5 Å². The van der Waals surface area contributed by atoms with Crippen LogP contribution >= 0.6 is 0 Å². The second-order valence-corrected chi connectivity index (χ2v) is 9.81. The minimum Gasteiger partial charge on any atom is -0.492 e. The van der Waals surface area contributed by atoms with Crippen LogP contribution < -0.4 is 5.32 Å². The molecule has 0 bridgehead atoms. The first-order valence-corrected chi connectivity index (χ1v) is 12.7. The highest BCUT2D eigenvalue weighted by Gasteiger charge is 2.31. The highest BCUT2D eigenvalue weighted by atomic mass is 16.5. The third-order valence-corrected chi connectivity index (χ3v) is 7.47. The number of carbonyl (C=O) groups is 1. The molecule has 0 spiro atoms. The summed E-state index contributed by atoms with van der Waals surface area (Å²) in [5, 5.41) is 15.5. The molecular weight excluding hydrogens is 464 g/mol. The van der Waals surface area contributed by atoms with Gasteiger partial charge in [-0.15, -0.1) is 0 Å². The molecule has 0 radical (unpaired) electrons. The van der Waals surface area contributed by atoms with Crippen molar-refractivity contribution >= 4 is 33.4 Å². The van der Waals surface area contributed by atoms with Gasteiger partial charge in [-0.1, -0.05) is 36.4 Å². The smallest absolute Gasteiger partial charge is 0.236 e. The van der Waals surface area contributed by atoms with Crippen LogP contribution in [0.4, 0.5) is 5.69 Å². The molecule has 6 rings (SSSR count). The topological polar surface area (TPSA) is 81.3 Å². The predicted molar refractivity (Wildman–Crippen MR) is 146 cm³/mol. The molecule has 1 aliphatic rings. The lowest BCUT2D eigenvalue weighted by Crippen LogP contribution is -2.27. The summed E-state index contributed by atoms with van der Waals surface area (Å²) in [6.45, 7) is 3.02. The number of hydrogen-bond acceptors (Lipinski definition) is 4. The number of nitrogens with zero attached hydrogens (tertiary/aromatic N) is 3. The van der Waals surface area contributed by atoms with Gasteiger partial charge in [0.25, 0.3) is 0 Å². The van der Waals surface area contributed by atoms with Gasteiger partial charge in [0.2, 0.25) is 11.8 Å². The molecule has 0 aliphatic carbocycles. The molecule has 4 heterocycles. The van der Waals surface area contributed by atoms with Gasteiger partial charge in [-0.05, 0) is 48.6 Å². The highest BCUT2D eigenvalue weighted by molar-refractivity contribution is 6.05. The lowest BCUT2D eigenvalue weighted by atomic mass is 9.86.